The van der Waals surface area contributed by atoms with Gasteiger partial charge < -0.3 is 11.1 Å². The predicted octanol–water partition coefficient (Wildman–Crippen LogP) is 2.00. The van der Waals surface area contributed by atoms with Crippen molar-refractivity contribution >= 4 is 16.7 Å². The summed E-state index contributed by atoms with van der Waals surface area (Å²) in [6.45, 7) is 1.59. The van der Waals surface area contributed by atoms with Gasteiger partial charge in [0.1, 0.15) is 5.82 Å². The van der Waals surface area contributed by atoms with Gasteiger partial charge in [0.2, 0.25) is 0 Å². The molecular weight excluding hydrogens is 186 g/mol. The lowest BCUT2D eigenvalue weighted by molar-refractivity contribution is 0.871. The fourth-order valence-electron chi connectivity index (χ4n) is 1.48. The van der Waals surface area contributed by atoms with Crippen molar-refractivity contribution in [2.45, 2.75) is 6.42 Å². The highest BCUT2D eigenvalue weighted by atomic mass is 15.0. The Morgan fingerprint density at radius 3 is 2.87 bits per heavy atom. The van der Waals surface area contributed by atoms with Crippen molar-refractivity contribution in [2.75, 3.05) is 18.4 Å². The zero-order chi connectivity index (χ0) is 10.5. The van der Waals surface area contributed by atoms with Crippen molar-refractivity contribution in [2.24, 2.45) is 5.73 Å². The maximum absolute atomic E-state index is 5.42. The summed E-state index contributed by atoms with van der Waals surface area (Å²) < 4.78 is 0. The largest absolute Gasteiger partial charge is 0.370 e. The summed E-state index contributed by atoms with van der Waals surface area (Å²) in [5.74, 6) is 0.919. The Labute approximate surface area is 89.3 Å². The summed E-state index contributed by atoms with van der Waals surface area (Å²) >= 11 is 0. The van der Waals surface area contributed by atoms with Crippen LogP contribution in [0.1, 0.15) is 6.42 Å². The molecule has 0 radical (unpaired) electrons. The zero-order valence-corrected chi connectivity index (χ0v) is 8.61. The molecular formula is C12H15N3. The van der Waals surface area contributed by atoms with Crippen LogP contribution in [0.5, 0.6) is 0 Å². The van der Waals surface area contributed by atoms with E-state index in [1.165, 1.54) is 5.39 Å². The van der Waals surface area contributed by atoms with Crippen molar-refractivity contribution in [3.05, 3.63) is 36.4 Å². The predicted molar refractivity (Wildman–Crippen MR) is 63.9 cm³/mol. The van der Waals surface area contributed by atoms with Crippen LogP contribution in [0.25, 0.3) is 10.9 Å². The van der Waals surface area contributed by atoms with Gasteiger partial charge in [0.15, 0.2) is 0 Å². The minimum atomic E-state index is 0.709. The standard InChI is InChI=1S/C12H15N3/c13-8-3-9-14-12-7-6-10-4-1-2-5-11(10)15-12/h1-2,4-7H,3,8-9,13H2,(H,14,15). The van der Waals surface area contributed by atoms with Gasteiger partial charge in [-0.15, -0.1) is 0 Å². The third kappa shape index (κ3) is 2.44. The molecule has 0 amide bonds. The summed E-state index contributed by atoms with van der Waals surface area (Å²) in [6, 6.07) is 12.2. The molecule has 1 heterocycles. The maximum Gasteiger partial charge on any atom is 0.126 e. The molecule has 0 aliphatic heterocycles. The van der Waals surface area contributed by atoms with E-state index in [-0.39, 0.29) is 0 Å². The summed E-state index contributed by atoms with van der Waals surface area (Å²) in [7, 11) is 0. The van der Waals surface area contributed by atoms with Crippen LogP contribution in [0.2, 0.25) is 0 Å². The highest BCUT2D eigenvalue weighted by Crippen LogP contribution is 2.14. The molecule has 0 bridgehead atoms. The number of benzene rings is 1. The van der Waals surface area contributed by atoms with E-state index < -0.39 is 0 Å². The van der Waals surface area contributed by atoms with Gasteiger partial charge in [-0.1, -0.05) is 18.2 Å². The van der Waals surface area contributed by atoms with E-state index in [9.17, 15) is 0 Å². The van der Waals surface area contributed by atoms with Crippen molar-refractivity contribution in [3.8, 4) is 0 Å². The zero-order valence-electron chi connectivity index (χ0n) is 8.61. The van der Waals surface area contributed by atoms with Crippen molar-refractivity contribution in [1.82, 2.24) is 4.98 Å². The summed E-state index contributed by atoms with van der Waals surface area (Å²) in [5, 5.41) is 4.41. The molecule has 1 aromatic heterocycles. The minimum Gasteiger partial charge on any atom is -0.370 e. The number of fused-ring (bicyclic) bond motifs is 1. The Balaban J connectivity index is 2.16. The Hall–Kier alpha value is -1.61. The van der Waals surface area contributed by atoms with Crippen molar-refractivity contribution < 1.29 is 0 Å². The first-order chi connectivity index (χ1) is 7.40. The number of nitrogens with zero attached hydrogens (tertiary/aromatic N) is 1. The number of hydrogen-bond acceptors (Lipinski definition) is 3. The van der Waals surface area contributed by atoms with Crippen LogP contribution in [0.3, 0.4) is 0 Å². The summed E-state index contributed by atoms with van der Waals surface area (Å²) in [6.07, 6.45) is 0.967. The third-order valence-electron chi connectivity index (χ3n) is 2.29. The fraction of sp³-hybridized carbons (Fsp3) is 0.250. The van der Waals surface area contributed by atoms with Gasteiger partial charge in [-0.05, 0) is 31.2 Å². The first-order valence-electron chi connectivity index (χ1n) is 5.20. The molecule has 0 atom stereocenters. The molecule has 0 aliphatic carbocycles. The number of nitrogens with one attached hydrogen (secondary N) is 1. The van der Waals surface area contributed by atoms with E-state index in [1.807, 2.05) is 24.3 Å². The molecule has 0 fully saturated rings. The van der Waals surface area contributed by atoms with Gasteiger partial charge in [-0.2, -0.15) is 0 Å². The molecule has 0 unspecified atom stereocenters. The second kappa shape index (κ2) is 4.75. The van der Waals surface area contributed by atoms with Gasteiger partial charge in [0.25, 0.3) is 0 Å². The average Bonchev–Trinajstić information content (AvgIpc) is 2.29. The first-order valence-corrected chi connectivity index (χ1v) is 5.20. The van der Waals surface area contributed by atoms with Crippen LogP contribution >= 0.6 is 0 Å². The number of anilines is 1. The molecule has 78 valence electrons. The van der Waals surface area contributed by atoms with E-state index in [2.05, 4.69) is 22.4 Å². The van der Waals surface area contributed by atoms with Crippen LogP contribution in [-0.2, 0) is 0 Å². The van der Waals surface area contributed by atoms with Gasteiger partial charge in [0.05, 0.1) is 5.52 Å². The normalized spacial score (nSPS) is 10.5. The Bertz CT molecular complexity index is 440. The Morgan fingerprint density at radius 2 is 2.00 bits per heavy atom. The number of hydrogen-bond donors (Lipinski definition) is 2. The Kier molecular flexibility index (Phi) is 3.15. The molecule has 0 aliphatic rings. The van der Waals surface area contributed by atoms with E-state index >= 15 is 0 Å². The van der Waals surface area contributed by atoms with Gasteiger partial charge in [0, 0.05) is 11.9 Å². The molecule has 1 aromatic carbocycles. The van der Waals surface area contributed by atoms with Gasteiger partial charge >= 0.3 is 0 Å². The highest BCUT2D eigenvalue weighted by Gasteiger charge is 1.96. The van der Waals surface area contributed by atoms with E-state index in [1.54, 1.807) is 0 Å². The van der Waals surface area contributed by atoms with Crippen LogP contribution in [0.15, 0.2) is 36.4 Å². The van der Waals surface area contributed by atoms with Gasteiger partial charge in [-0.25, -0.2) is 4.98 Å². The molecule has 0 spiro atoms. The topological polar surface area (TPSA) is 50.9 Å². The number of pyridine rings is 1. The molecule has 3 heteroatoms. The number of rotatable bonds is 4. The van der Waals surface area contributed by atoms with E-state index in [0.29, 0.717) is 6.54 Å². The quantitative estimate of drug-likeness (QED) is 0.744. The smallest absolute Gasteiger partial charge is 0.126 e. The van der Waals surface area contributed by atoms with Crippen LogP contribution in [0.4, 0.5) is 5.82 Å². The fourth-order valence-corrected chi connectivity index (χ4v) is 1.48. The van der Waals surface area contributed by atoms with E-state index in [0.717, 1.165) is 24.3 Å². The lowest BCUT2D eigenvalue weighted by Crippen LogP contribution is -2.09. The molecule has 15 heavy (non-hydrogen) atoms. The van der Waals surface area contributed by atoms with Gasteiger partial charge in [-0.3, -0.25) is 0 Å². The first kappa shape index (κ1) is 9.93. The molecule has 0 saturated carbocycles. The monoisotopic (exact) mass is 201 g/mol. The molecule has 2 aromatic rings. The molecule has 3 N–H and O–H groups in total. The molecule has 2 rings (SSSR count). The summed E-state index contributed by atoms with van der Waals surface area (Å²) in [4.78, 5) is 4.50. The third-order valence-corrected chi connectivity index (χ3v) is 2.29. The molecule has 0 saturated heterocycles. The SMILES string of the molecule is NCCCNc1ccc2ccccc2n1. The highest BCUT2D eigenvalue weighted by molar-refractivity contribution is 5.79. The lowest BCUT2D eigenvalue weighted by atomic mass is 10.2. The van der Waals surface area contributed by atoms with Crippen LogP contribution in [0, 0.1) is 0 Å². The van der Waals surface area contributed by atoms with Crippen LogP contribution < -0.4 is 11.1 Å². The second-order valence-electron chi connectivity index (χ2n) is 3.46. The molecule has 3 nitrogen and oxygen atoms in total. The minimum absolute atomic E-state index is 0.709. The Morgan fingerprint density at radius 1 is 1.13 bits per heavy atom. The number of para-hydroxylation sites is 1. The number of aromatic nitrogens is 1. The second-order valence-corrected chi connectivity index (χ2v) is 3.46. The lowest BCUT2D eigenvalue weighted by Gasteiger charge is -2.05. The van der Waals surface area contributed by atoms with Crippen molar-refractivity contribution in [1.29, 1.82) is 0 Å². The maximum atomic E-state index is 5.42. The van der Waals surface area contributed by atoms with E-state index in [4.69, 9.17) is 5.73 Å². The average molecular weight is 201 g/mol. The summed E-state index contributed by atoms with van der Waals surface area (Å²) in [5.41, 5.74) is 6.45. The van der Waals surface area contributed by atoms with Crippen molar-refractivity contribution in [3.63, 3.8) is 0 Å². The van der Waals surface area contributed by atoms with Crippen LogP contribution in [-0.4, -0.2) is 18.1 Å². The number of nitrogens with two attached hydrogens (primary N) is 1.